The van der Waals surface area contributed by atoms with Gasteiger partial charge in [-0.25, -0.2) is 4.98 Å². The first-order chi connectivity index (χ1) is 15.9. The number of fused-ring (bicyclic) bond motifs is 1. The van der Waals surface area contributed by atoms with Crippen molar-refractivity contribution >= 4 is 34.3 Å². The van der Waals surface area contributed by atoms with Crippen molar-refractivity contribution in [1.29, 1.82) is 0 Å². The zero-order valence-electron chi connectivity index (χ0n) is 17.8. The van der Waals surface area contributed by atoms with Crippen LogP contribution in [0.25, 0.3) is 11.0 Å². The quantitative estimate of drug-likeness (QED) is 0.410. The molecule has 0 atom stereocenters. The molecule has 0 aliphatic rings. The molecule has 9 heteroatoms. The predicted molar refractivity (Wildman–Crippen MR) is 124 cm³/mol. The molecule has 0 fully saturated rings. The van der Waals surface area contributed by atoms with E-state index in [0.29, 0.717) is 44.8 Å². The Labute approximate surface area is 193 Å². The van der Waals surface area contributed by atoms with Crippen molar-refractivity contribution < 1.29 is 23.4 Å². The summed E-state index contributed by atoms with van der Waals surface area (Å²) < 4.78 is 22.4. The molecule has 2 heterocycles. The van der Waals surface area contributed by atoms with Gasteiger partial charge < -0.3 is 23.9 Å². The van der Waals surface area contributed by atoms with Gasteiger partial charge in [-0.3, -0.25) is 9.59 Å². The standard InChI is InChI=1S/C24H19ClN2O6/c1-14-24(33-19-6-4-3-5-18(19)30-2)23(29)17-9-8-16(11-20(17)32-14)31-13-22(28)27-21-10-7-15(25)12-26-21/h3-12H,13H2,1-2H3,(H,26,27,28). The average Bonchev–Trinajstić information content (AvgIpc) is 2.82. The predicted octanol–water partition coefficient (Wildman–Crippen LogP) is 4.97. The Morgan fingerprint density at radius 1 is 1.12 bits per heavy atom. The number of rotatable bonds is 7. The van der Waals surface area contributed by atoms with Gasteiger partial charge >= 0.3 is 0 Å². The van der Waals surface area contributed by atoms with Crippen LogP contribution in [0.1, 0.15) is 5.76 Å². The van der Waals surface area contributed by atoms with Gasteiger partial charge in [0.1, 0.15) is 22.9 Å². The lowest BCUT2D eigenvalue weighted by molar-refractivity contribution is -0.118. The number of hydrogen-bond acceptors (Lipinski definition) is 7. The van der Waals surface area contributed by atoms with Crippen LogP contribution in [0.2, 0.25) is 5.02 Å². The molecule has 0 unspecified atom stereocenters. The Kier molecular flexibility index (Phi) is 6.46. The van der Waals surface area contributed by atoms with Crippen LogP contribution in [0.4, 0.5) is 5.82 Å². The summed E-state index contributed by atoms with van der Waals surface area (Å²) in [6, 6.07) is 14.9. The first kappa shape index (κ1) is 22.2. The number of methoxy groups -OCH3 is 1. The number of hydrogen-bond donors (Lipinski definition) is 1. The molecule has 0 spiro atoms. The van der Waals surface area contributed by atoms with Gasteiger partial charge in [-0.15, -0.1) is 0 Å². The Morgan fingerprint density at radius 2 is 1.91 bits per heavy atom. The molecule has 1 N–H and O–H groups in total. The van der Waals surface area contributed by atoms with Crippen LogP contribution >= 0.6 is 11.6 Å². The normalized spacial score (nSPS) is 10.6. The number of carbonyl (C=O) groups is 1. The van der Waals surface area contributed by atoms with Gasteiger partial charge in [-0.2, -0.15) is 0 Å². The lowest BCUT2D eigenvalue weighted by atomic mass is 10.2. The van der Waals surface area contributed by atoms with Crippen LogP contribution in [-0.4, -0.2) is 24.6 Å². The van der Waals surface area contributed by atoms with Crippen molar-refractivity contribution in [3.63, 3.8) is 0 Å². The fraction of sp³-hybridized carbons (Fsp3) is 0.125. The van der Waals surface area contributed by atoms with E-state index in [-0.39, 0.29) is 17.8 Å². The Balaban J connectivity index is 1.51. The number of anilines is 1. The van der Waals surface area contributed by atoms with Gasteiger partial charge in [0.25, 0.3) is 5.91 Å². The molecule has 0 saturated heterocycles. The zero-order chi connectivity index (χ0) is 23.4. The number of ether oxygens (including phenoxy) is 3. The minimum atomic E-state index is -0.400. The molecule has 2 aromatic carbocycles. The van der Waals surface area contributed by atoms with Gasteiger partial charge in [-0.1, -0.05) is 23.7 Å². The van der Waals surface area contributed by atoms with E-state index in [1.54, 1.807) is 61.5 Å². The maximum absolute atomic E-state index is 13.0. The number of nitrogens with one attached hydrogen (secondary N) is 1. The summed E-state index contributed by atoms with van der Waals surface area (Å²) in [6.45, 7) is 1.37. The molecular weight excluding hydrogens is 448 g/mol. The summed E-state index contributed by atoms with van der Waals surface area (Å²) >= 11 is 5.78. The van der Waals surface area contributed by atoms with Crippen molar-refractivity contribution in [3.05, 3.63) is 81.8 Å². The van der Waals surface area contributed by atoms with Crippen molar-refractivity contribution in [2.45, 2.75) is 6.92 Å². The molecular formula is C24H19ClN2O6. The molecule has 8 nitrogen and oxygen atoms in total. The molecule has 0 radical (unpaired) electrons. The first-order valence-corrected chi connectivity index (χ1v) is 10.2. The maximum atomic E-state index is 13.0. The number of halogens is 1. The highest BCUT2D eigenvalue weighted by molar-refractivity contribution is 6.30. The van der Waals surface area contributed by atoms with Gasteiger partial charge in [0.05, 0.1) is 17.5 Å². The van der Waals surface area contributed by atoms with E-state index >= 15 is 0 Å². The maximum Gasteiger partial charge on any atom is 0.263 e. The minimum Gasteiger partial charge on any atom is -0.493 e. The molecule has 0 bridgehead atoms. The van der Waals surface area contributed by atoms with Crippen molar-refractivity contribution in [1.82, 2.24) is 4.98 Å². The molecule has 4 rings (SSSR count). The molecule has 1 amide bonds. The molecule has 4 aromatic rings. The van der Waals surface area contributed by atoms with Crippen LogP contribution in [0, 0.1) is 6.92 Å². The molecule has 0 aliphatic carbocycles. The molecule has 0 aliphatic heterocycles. The third-order valence-electron chi connectivity index (χ3n) is 4.63. The highest BCUT2D eigenvalue weighted by Crippen LogP contribution is 2.32. The first-order valence-electron chi connectivity index (χ1n) is 9.87. The van der Waals surface area contributed by atoms with Gasteiger partial charge in [0.2, 0.25) is 11.2 Å². The summed E-state index contributed by atoms with van der Waals surface area (Å²) in [5, 5.41) is 3.38. The summed E-state index contributed by atoms with van der Waals surface area (Å²) in [5.74, 6) is 1.57. The highest BCUT2D eigenvalue weighted by atomic mass is 35.5. The molecule has 0 saturated carbocycles. The van der Waals surface area contributed by atoms with Crippen LogP contribution in [-0.2, 0) is 4.79 Å². The highest BCUT2D eigenvalue weighted by Gasteiger charge is 2.16. The fourth-order valence-corrected chi connectivity index (χ4v) is 3.18. The molecule has 33 heavy (non-hydrogen) atoms. The van der Waals surface area contributed by atoms with E-state index < -0.39 is 5.91 Å². The number of pyridine rings is 1. The number of carbonyl (C=O) groups excluding carboxylic acids is 1. The van der Waals surface area contributed by atoms with E-state index in [4.69, 9.17) is 30.2 Å². The monoisotopic (exact) mass is 466 g/mol. The second kappa shape index (κ2) is 9.62. The molecule has 168 valence electrons. The number of para-hydroxylation sites is 2. The van der Waals surface area contributed by atoms with Crippen LogP contribution in [0.15, 0.2) is 70.0 Å². The summed E-state index contributed by atoms with van der Waals surface area (Å²) in [6.07, 6.45) is 1.43. The number of nitrogens with zero attached hydrogens (tertiary/aromatic N) is 1. The number of aryl methyl sites for hydroxylation is 1. The summed E-state index contributed by atoms with van der Waals surface area (Å²) in [5.41, 5.74) is -0.0279. The van der Waals surface area contributed by atoms with E-state index in [2.05, 4.69) is 10.3 Å². The SMILES string of the molecule is COc1ccccc1Oc1c(C)oc2cc(OCC(=O)Nc3ccc(Cl)cn3)ccc2c1=O. The number of benzene rings is 2. The number of aromatic nitrogens is 1. The van der Waals surface area contributed by atoms with Crippen molar-refractivity contribution in [2.75, 3.05) is 19.0 Å². The Bertz CT molecular complexity index is 1370. The lowest BCUT2D eigenvalue weighted by Gasteiger charge is -2.12. The average molecular weight is 467 g/mol. The summed E-state index contributed by atoms with van der Waals surface area (Å²) in [7, 11) is 1.52. The van der Waals surface area contributed by atoms with E-state index in [9.17, 15) is 9.59 Å². The Hall–Kier alpha value is -4.04. The third kappa shape index (κ3) is 5.07. The lowest BCUT2D eigenvalue weighted by Crippen LogP contribution is -2.20. The van der Waals surface area contributed by atoms with E-state index in [0.717, 1.165) is 0 Å². The topological polar surface area (TPSA) is 99.9 Å². The van der Waals surface area contributed by atoms with Crippen molar-refractivity contribution in [2.24, 2.45) is 0 Å². The summed E-state index contributed by atoms with van der Waals surface area (Å²) in [4.78, 5) is 29.1. The van der Waals surface area contributed by atoms with E-state index in [1.165, 1.54) is 13.3 Å². The van der Waals surface area contributed by atoms with Gasteiger partial charge in [0, 0.05) is 12.3 Å². The second-order valence-corrected chi connectivity index (χ2v) is 7.36. The van der Waals surface area contributed by atoms with Crippen LogP contribution in [0.5, 0.6) is 23.0 Å². The van der Waals surface area contributed by atoms with Gasteiger partial charge in [-0.05, 0) is 43.3 Å². The van der Waals surface area contributed by atoms with Crippen LogP contribution in [0.3, 0.4) is 0 Å². The van der Waals surface area contributed by atoms with Crippen molar-refractivity contribution in [3.8, 4) is 23.0 Å². The second-order valence-electron chi connectivity index (χ2n) is 6.93. The smallest absolute Gasteiger partial charge is 0.263 e. The Morgan fingerprint density at radius 3 is 2.64 bits per heavy atom. The van der Waals surface area contributed by atoms with Gasteiger partial charge in [0.15, 0.2) is 18.1 Å². The third-order valence-corrected chi connectivity index (χ3v) is 4.86. The van der Waals surface area contributed by atoms with Crippen LogP contribution < -0.4 is 25.0 Å². The molecule has 2 aromatic heterocycles. The fourth-order valence-electron chi connectivity index (χ4n) is 3.07. The van der Waals surface area contributed by atoms with E-state index in [1.807, 2.05) is 0 Å². The zero-order valence-corrected chi connectivity index (χ0v) is 18.5. The number of amides is 1. The largest absolute Gasteiger partial charge is 0.493 e. The minimum absolute atomic E-state index is 0.0653.